The molecule has 0 heterocycles. The number of methoxy groups -OCH3 is 1. The number of benzene rings is 1. The molecule has 1 N–H and O–H groups in total. The van der Waals surface area contributed by atoms with Crippen molar-refractivity contribution in [2.24, 2.45) is 0 Å². The lowest BCUT2D eigenvalue weighted by Gasteiger charge is -2.13. The summed E-state index contributed by atoms with van der Waals surface area (Å²) in [6, 6.07) is 11.3. The fourth-order valence-corrected chi connectivity index (χ4v) is 1.85. The van der Waals surface area contributed by atoms with E-state index < -0.39 is 0 Å². The maximum atomic E-state index is 5.03. The molecule has 2 heteroatoms. The molecular weight excluding hydrogens is 210 g/mol. The number of ether oxygens (including phenoxy) is 1. The minimum Gasteiger partial charge on any atom is -0.385 e. The van der Waals surface area contributed by atoms with Crippen LogP contribution >= 0.6 is 0 Å². The van der Waals surface area contributed by atoms with E-state index in [2.05, 4.69) is 42.6 Å². The largest absolute Gasteiger partial charge is 0.385 e. The van der Waals surface area contributed by atoms with E-state index in [9.17, 15) is 0 Å². The molecule has 0 aromatic heterocycles. The van der Waals surface area contributed by atoms with Crippen molar-refractivity contribution >= 4 is 0 Å². The fourth-order valence-electron chi connectivity index (χ4n) is 1.85. The summed E-state index contributed by atoms with van der Waals surface area (Å²) in [7, 11) is 1.76. The van der Waals surface area contributed by atoms with Crippen molar-refractivity contribution in [3.8, 4) is 0 Å². The highest BCUT2D eigenvalue weighted by molar-refractivity contribution is 5.14. The van der Waals surface area contributed by atoms with E-state index in [0.717, 1.165) is 26.0 Å². The van der Waals surface area contributed by atoms with Crippen LogP contribution in [0.15, 0.2) is 30.3 Å². The van der Waals surface area contributed by atoms with Crippen LogP contribution in [0.5, 0.6) is 0 Å². The van der Waals surface area contributed by atoms with Crippen LogP contribution in [-0.2, 0) is 11.2 Å². The molecule has 96 valence electrons. The van der Waals surface area contributed by atoms with Crippen LogP contribution in [0.4, 0.5) is 0 Å². The highest BCUT2D eigenvalue weighted by atomic mass is 16.5. The molecule has 0 amide bonds. The number of hydrogen-bond donors (Lipinski definition) is 1. The third kappa shape index (κ3) is 7.14. The maximum absolute atomic E-state index is 5.03. The van der Waals surface area contributed by atoms with Gasteiger partial charge in [-0.1, -0.05) is 30.3 Å². The van der Waals surface area contributed by atoms with Gasteiger partial charge in [-0.05, 0) is 44.7 Å². The molecule has 2 nitrogen and oxygen atoms in total. The molecule has 17 heavy (non-hydrogen) atoms. The molecule has 0 aliphatic heterocycles. The average molecular weight is 235 g/mol. The Labute approximate surface area is 105 Å². The molecule has 1 unspecified atom stereocenters. The van der Waals surface area contributed by atoms with E-state index in [0.29, 0.717) is 6.04 Å². The summed E-state index contributed by atoms with van der Waals surface area (Å²) in [5.41, 5.74) is 1.43. The molecule has 1 atom stereocenters. The fraction of sp³-hybridized carbons (Fsp3) is 0.600. The van der Waals surface area contributed by atoms with Crippen LogP contribution in [0.25, 0.3) is 0 Å². The van der Waals surface area contributed by atoms with Crippen molar-refractivity contribution in [2.75, 3.05) is 20.3 Å². The average Bonchev–Trinajstić information content (AvgIpc) is 2.37. The zero-order valence-electron chi connectivity index (χ0n) is 11.1. The molecule has 0 fully saturated rings. The number of aryl methyl sites for hydroxylation is 1. The summed E-state index contributed by atoms with van der Waals surface area (Å²) in [6.45, 7) is 4.23. The van der Waals surface area contributed by atoms with Gasteiger partial charge in [0.2, 0.25) is 0 Å². The van der Waals surface area contributed by atoms with E-state index in [1.807, 2.05) is 0 Å². The predicted molar refractivity (Wildman–Crippen MR) is 73.3 cm³/mol. The Morgan fingerprint density at radius 3 is 2.65 bits per heavy atom. The highest BCUT2D eigenvalue weighted by Crippen LogP contribution is 2.04. The second-order valence-electron chi connectivity index (χ2n) is 4.58. The van der Waals surface area contributed by atoms with Gasteiger partial charge in [-0.15, -0.1) is 0 Å². The second kappa shape index (κ2) is 9.20. The zero-order chi connectivity index (χ0) is 12.3. The first-order valence-corrected chi connectivity index (χ1v) is 6.59. The molecule has 0 bridgehead atoms. The highest BCUT2D eigenvalue weighted by Gasteiger charge is 2.01. The Bertz CT molecular complexity index is 274. The molecule has 0 aliphatic rings. The first-order valence-electron chi connectivity index (χ1n) is 6.59. The van der Waals surface area contributed by atoms with E-state index in [1.165, 1.54) is 18.4 Å². The lowest BCUT2D eigenvalue weighted by molar-refractivity contribution is 0.192. The van der Waals surface area contributed by atoms with Crippen LogP contribution in [0, 0.1) is 0 Å². The minimum absolute atomic E-state index is 0.595. The van der Waals surface area contributed by atoms with Crippen molar-refractivity contribution in [3.63, 3.8) is 0 Å². The van der Waals surface area contributed by atoms with E-state index in [-0.39, 0.29) is 0 Å². The molecule has 1 aromatic carbocycles. The number of unbranched alkanes of at least 4 members (excludes halogenated alkanes) is 1. The molecule has 0 radical (unpaired) electrons. The maximum Gasteiger partial charge on any atom is 0.0462 e. The Hall–Kier alpha value is -0.860. The Kier molecular flexibility index (Phi) is 7.69. The Balaban J connectivity index is 2.03. The Morgan fingerprint density at radius 2 is 1.94 bits per heavy atom. The summed E-state index contributed by atoms with van der Waals surface area (Å²) in [5.74, 6) is 0. The summed E-state index contributed by atoms with van der Waals surface area (Å²) >= 11 is 0. The normalized spacial score (nSPS) is 12.6. The first kappa shape index (κ1) is 14.2. The van der Waals surface area contributed by atoms with Gasteiger partial charge < -0.3 is 10.1 Å². The lowest BCUT2D eigenvalue weighted by Crippen LogP contribution is -2.27. The standard InChI is InChI=1S/C15H25NO/c1-14(16-12-6-7-13-17-2)10-11-15-8-4-3-5-9-15/h3-5,8-9,14,16H,6-7,10-13H2,1-2H3. The Morgan fingerprint density at radius 1 is 1.18 bits per heavy atom. The van der Waals surface area contributed by atoms with Gasteiger partial charge in [0.05, 0.1) is 0 Å². The van der Waals surface area contributed by atoms with Gasteiger partial charge in [0.1, 0.15) is 0 Å². The van der Waals surface area contributed by atoms with E-state index in [1.54, 1.807) is 7.11 Å². The minimum atomic E-state index is 0.595. The first-order chi connectivity index (χ1) is 8.33. The lowest BCUT2D eigenvalue weighted by atomic mass is 10.1. The quantitative estimate of drug-likeness (QED) is 0.664. The topological polar surface area (TPSA) is 21.3 Å². The van der Waals surface area contributed by atoms with Gasteiger partial charge in [0.25, 0.3) is 0 Å². The third-order valence-electron chi connectivity index (χ3n) is 2.98. The van der Waals surface area contributed by atoms with Crippen molar-refractivity contribution in [2.45, 2.75) is 38.6 Å². The molecule has 0 saturated heterocycles. The number of hydrogen-bond acceptors (Lipinski definition) is 2. The van der Waals surface area contributed by atoms with Gasteiger partial charge in [0.15, 0.2) is 0 Å². The van der Waals surface area contributed by atoms with Crippen LogP contribution in [0.2, 0.25) is 0 Å². The van der Waals surface area contributed by atoms with Gasteiger partial charge in [0, 0.05) is 19.8 Å². The van der Waals surface area contributed by atoms with E-state index in [4.69, 9.17) is 4.74 Å². The summed E-state index contributed by atoms with van der Waals surface area (Å²) in [4.78, 5) is 0. The second-order valence-corrected chi connectivity index (χ2v) is 4.58. The monoisotopic (exact) mass is 235 g/mol. The van der Waals surface area contributed by atoms with Gasteiger partial charge in [-0.3, -0.25) is 0 Å². The zero-order valence-corrected chi connectivity index (χ0v) is 11.1. The molecule has 0 saturated carbocycles. The molecular formula is C15H25NO. The molecule has 0 aliphatic carbocycles. The van der Waals surface area contributed by atoms with Crippen LogP contribution in [0.1, 0.15) is 31.7 Å². The summed E-state index contributed by atoms with van der Waals surface area (Å²) < 4.78 is 5.03. The van der Waals surface area contributed by atoms with Gasteiger partial charge >= 0.3 is 0 Å². The third-order valence-corrected chi connectivity index (χ3v) is 2.98. The van der Waals surface area contributed by atoms with Gasteiger partial charge in [-0.2, -0.15) is 0 Å². The summed E-state index contributed by atoms with van der Waals surface area (Å²) in [6.07, 6.45) is 4.71. The SMILES string of the molecule is COCCCCNC(C)CCc1ccccc1. The smallest absolute Gasteiger partial charge is 0.0462 e. The van der Waals surface area contributed by atoms with Crippen LogP contribution in [0.3, 0.4) is 0 Å². The van der Waals surface area contributed by atoms with Crippen molar-refractivity contribution in [1.82, 2.24) is 5.32 Å². The van der Waals surface area contributed by atoms with Crippen LogP contribution in [-0.4, -0.2) is 26.3 Å². The number of rotatable bonds is 9. The molecule has 1 rings (SSSR count). The predicted octanol–water partition coefficient (Wildman–Crippen LogP) is 3.02. The number of nitrogens with one attached hydrogen (secondary N) is 1. The van der Waals surface area contributed by atoms with E-state index >= 15 is 0 Å². The summed E-state index contributed by atoms with van der Waals surface area (Å²) in [5, 5.41) is 3.56. The van der Waals surface area contributed by atoms with Crippen LogP contribution < -0.4 is 5.32 Å². The van der Waals surface area contributed by atoms with Gasteiger partial charge in [-0.25, -0.2) is 0 Å². The van der Waals surface area contributed by atoms with Crippen molar-refractivity contribution < 1.29 is 4.74 Å². The molecule has 1 aromatic rings. The van der Waals surface area contributed by atoms with Crippen molar-refractivity contribution in [1.29, 1.82) is 0 Å². The molecule has 0 spiro atoms. The van der Waals surface area contributed by atoms with Crippen molar-refractivity contribution in [3.05, 3.63) is 35.9 Å².